The average molecular weight is 317 g/mol. The highest BCUT2D eigenvalue weighted by Gasteiger charge is 2.25. The maximum Gasteiger partial charge on any atom is 0.237 e. The van der Waals surface area contributed by atoms with Gasteiger partial charge in [-0.15, -0.1) is 0 Å². The van der Waals surface area contributed by atoms with Gasteiger partial charge in [0.1, 0.15) is 0 Å². The summed E-state index contributed by atoms with van der Waals surface area (Å²) in [6.07, 6.45) is 2.52. The molecule has 0 fully saturated rings. The molecule has 0 aromatic heterocycles. The lowest BCUT2D eigenvalue weighted by molar-refractivity contribution is -0.625. The van der Waals surface area contributed by atoms with Crippen molar-refractivity contribution in [2.75, 3.05) is 18.5 Å². The predicted octanol–water partition coefficient (Wildman–Crippen LogP) is -0.963. The van der Waals surface area contributed by atoms with E-state index in [1.165, 1.54) is 11.1 Å². The summed E-state index contributed by atoms with van der Waals surface area (Å²) in [5.74, 6) is 0.176. The van der Waals surface area contributed by atoms with Crippen LogP contribution in [0, 0.1) is 0 Å². The standard InChI is InChI=1S/C18H20N2O.ClH/c1-19-13-12-18(21)20-16-8-4-2-6-14(16)10-11-15-7-3-5-9-17(15)20;/h2-9,19H,10-13H2,1H3;1H. The van der Waals surface area contributed by atoms with E-state index in [1.54, 1.807) is 0 Å². The molecule has 2 aromatic rings. The van der Waals surface area contributed by atoms with Crippen molar-refractivity contribution in [2.45, 2.75) is 19.3 Å². The molecule has 1 heterocycles. The molecule has 0 bridgehead atoms. The van der Waals surface area contributed by atoms with Crippen molar-refractivity contribution >= 4 is 17.3 Å². The molecule has 0 aliphatic carbocycles. The Kier molecular flexibility index (Phi) is 5.58. The third kappa shape index (κ3) is 3.16. The van der Waals surface area contributed by atoms with Gasteiger partial charge in [0.15, 0.2) is 0 Å². The zero-order valence-electron chi connectivity index (χ0n) is 12.8. The van der Waals surface area contributed by atoms with Gasteiger partial charge in [0.2, 0.25) is 5.91 Å². The largest absolute Gasteiger partial charge is 1.00 e. The molecule has 0 saturated carbocycles. The monoisotopic (exact) mass is 316 g/mol. The molecule has 116 valence electrons. The Morgan fingerprint density at radius 3 is 2.00 bits per heavy atom. The van der Waals surface area contributed by atoms with Crippen LogP contribution in [0.2, 0.25) is 0 Å². The van der Waals surface area contributed by atoms with Crippen LogP contribution in [-0.2, 0) is 17.6 Å². The predicted molar refractivity (Wildman–Crippen MR) is 84.8 cm³/mol. The van der Waals surface area contributed by atoms with Crippen molar-refractivity contribution in [1.29, 1.82) is 0 Å². The molecule has 0 unspecified atom stereocenters. The van der Waals surface area contributed by atoms with E-state index >= 15 is 0 Å². The minimum atomic E-state index is 0. The molecule has 3 nitrogen and oxygen atoms in total. The van der Waals surface area contributed by atoms with Gasteiger partial charge in [-0.1, -0.05) is 36.4 Å². The van der Waals surface area contributed by atoms with Crippen molar-refractivity contribution < 1.29 is 22.5 Å². The fourth-order valence-electron chi connectivity index (χ4n) is 2.93. The maximum atomic E-state index is 12.7. The molecule has 3 rings (SSSR count). The Morgan fingerprint density at radius 2 is 1.50 bits per heavy atom. The zero-order chi connectivity index (χ0) is 14.7. The number of rotatable bonds is 3. The van der Waals surface area contributed by atoms with E-state index in [-0.39, 0.29) is 18.3 Å². The second-order valence-corrected chi connectivity index (χ2v) is 5.43. The first kappa shape index (κ1) is 16.5. The fraction of sp³-hybridized carbons (Fsp3) is 0.278. The number of anilines is 2. The second kappa shape index (κ2) is 7.43. The van der Waals surface area contributed by atoms with Crippen molar-refractivity contribution in [3.63, 3.8) is 0 Å². The number of hydrogen-bond acceptors (Lipinski definition) is 1. The van der Waals surface area contributed by atoms with Crippen LogP contribution in [0.1, 0.15) is 17.5 Å². The molecule has 2 aromatic carbocycles. The summed E-state index contributed by atoms with van der Waals surface area (Å²) in [5, 5.41) is 2.05. The zero-order valence-corrected chi connectivity index (χ0v) is 13.5. The van der Waals surface area contributed by atoms with Gasteiger partial charge in [0.05, 0.1) is 31.4 Å². The lowest BCUT2D eigenvalue weighted by Gasteiger charge is -2.24. The van der Waals surface area contributed by atoms with Crippen LogP contribution >= 0.6 is 0 Å². The van der Waals surface area contributed by atoms with Gasteiger partial charge in [-0.25, -0.2) is 0 Å². The van der Waals surface area contributed by atoms with Crippen LogP contribution in [0.3, 0.4) is 0 Å². The number of nitrogens with two attached hydrogens (primary N) is 1. The summed E-state index contributed by atoms with van der Waals surface area (Å²) in [7, 11) is 2.00. The fourth-order valence-corrected chi connectivity index (χ4v) is 2.93. The Hall–Kier alpha value is -1.84. The molecule has 0 spiro atoms. The van der Waals surface area contributed by atoms with Crippen LogP contribution in [0.15, 0.2) is 48.5 Å². The number of para-hydroxylation sites is 2. The van der Waals surface area contributed by atoms with Crippen LogP contribution in [0.25, 0.3) is 0 Å². The van der Waals surface area contributed by atoms with E-state index in [1.807, 2.05) is 29.4 Å². The number of quaternary nitrogens is 1. The third-order valence-electron chi connectivity index (χ3n) is 4.02. The van der Waals surface area contributed by atoms with Crippen LogP contribution in [0.5, 0.6) is 0 Å². The first-order valence-corrected chi connectivity index (χ1v) is 7.58. The Morgan fingerprint density at radius 1 is 1.00 bits per heavy atom. The van der Waals surface area contributed by atoms with Crippen LogP contribution < -0.4 is 22.6 Å². The minimum Gasteiger partial charge on any atom is -1.00 e. The Labute approximate surface area is 137 Å². The molecular weight excluding hydrogens is 296 g/mol. The van der Waals surface area contributed by atoms with E-state index in [0.29, 0.717) is 6.42 Å². The van der Waals surface area contributed by atoms with E-state index in [4.69, 9.17) is 0 Å². The summed E-state index contributed by atoms with van der Waals surface area (Å²) in [4.78, 5) is 14.7. The van der Waals surface area contributed by atoms with Crippen LogP contribution in [0.4, 0.5) is 11.4 Å². The normalized spacial score (nSPS) is 12.7. The number of benzene rings is 2. The number of nitrogens with zero attached hydrogens (tertiary/aromatic N) is 1. The summed E-state index contributed by atoms with van der Waals surface area (Å²) < 4.78 is 0. The summed E-state index contributed by atoms with van der Waals surface area (Å²) in [6.45, 7) is 0.819. The van der Waals surface area contributed by atoms with Gasteiger partial charge < -0.3 is 17.7 Å². The van der Waals surface area contributed by atoms with Crippen molar-refractivity contribution in [3.8, 4) is 0 Å². The van der Waals surface area contributed by atoms with Gasteiger partial charge >= 0.3 is 0 Å². The van der Waals surface area contributed by atoms with E-state index < -0.39 is 0 Å². The third-order valence-corrected chi connectivity index (χ3v) is 4.02. The number of amides is 1. The average Bonchev–Trinajstić information content (AvgIpc) is 2.69. The first-order chi connectivity index (χ1) is 10.3. The lowest BCUT2D eigenvalue weighted by atomic mass is 10.0. The van der Waals surface area contributed by atoms with Crippen molar-refractivity contribution in [3.05, 3.63) is 59.7 Å². The summed E-state index contributed by atoms with van der Waals surface area (Å²) >= 11 is 0. The van der Waals surface area contributed by atoms with Gasteiger partial charge in [-0.05, 0) is 36.1 Å². The van der Waals surface area contributed by atoms with Crippen LogP contribution in [-0.4, -0.2) is 19.5 Å². The van der Waals surface area contributed by atoms with Gasteiger partial charge in [0, 0.05) is 0 Å². The second-order valence-electron chi connectivity index (χ2n) is 5.43. The molecule has 1 aliphatic rings. The summed E-state index contributed by atoms with van der Waals surface area (Å²) in [5.41, 5.74) is 4.59. The van der Waals surface area contributed by atoms with Gasteiger partial charge in [-0.2, -0.15) is 0 Å². The van der Waals surface area contributed by atoms with E-state index in [9.17, 15) is 4.79 Å². The smallest absolute Gasteiger partial charge is 0.237 e. The first-order valence-electron chi connectivity index (χ1n) is 7.58. The highest BCUT2D eigenvalue weighted by molar-refractivity contribution is 6.02. The lowest BCUT2D eigenvalue weighted by Crippen LogP contribution is -3.00. The van der Waals surface area contributed by atoms with Gasteiger partial charge in [0.25, 0.3) is 0 Å². The highest BCUT2D eigenvalue weighted by atomic mass is 35.5. The quantitative estimate of drug-likeness (QED) is 0.778. The molecule has 0 radical (unpaired) electrons. The van der Waals surface area contributed by atoms with Crippen molar-refractivity contribution in [1.82, 2.24) is 0 Å². The molecule has 0 saturated heterocycles. The molecule has 2 N–H and O–H groups in total. The number of halogens is 1. The van der Waals surface area contributed by atoms with E-state index in [0.717, 1.165) is 30.8 Å². The number of aryl methyl sites for hydroxylation is 2. The SMILES string of the molecule is C[NH2+]CCC(=O)N1c2ccccc2CCc2ccccc21.[Cl-]. The molecular formula is C18H21ClN2O. The molecule has 1 aliphatic heterocycles. The highest BCUT2D eigenvalue weighted by Crippen LogP contribution is 2.36. The number of hydrogen-bond donors (Lipinski definition) is 1. The topological polar surface area (TPSA) is 36.9 Å². The number of carbonyl (C=O) groups excluding carboxylic acids is 1. The molecule has 1 amide bonds. The minimum absolute atomic E-state index is 0. The number of fused-ring (bicyclic) bond motifs is 2. The number of carbonyl (C=O) groups is 1. The van der Waals surface area contributed by atoms with E-state index in [2.05, 4.69) is 36.4 Å². The van der Waals surface area contributed by atoms with Crippen molar-refractivity contribution in [2.24, 2.45) is 0 Å². The molecule has 0 atom stereocenters. The maximum absolute atomic E-state index is 12.7. The Balaban J connectivity index is 0.00000176. The molecule has 22 heavy (non-hydrogen) atoms. The summed E-state index contributed by atoms with van der Waals surface area (Å²) in [6, 6.07) is 16.5. The molecule has 4 heteroatoms. The van der Waals surface area contributed by atoms with Gasteiger partial charge in [-0.3, -0.25) is 9.69 Å². The Bertz CT molecular complexity index is 610.